The molecule has 0 spiro atoms. The lowest BCUT2D eigenvalue weighted by molar-refractivity contribution is 0.281. The highest BCUT2D eigenvalue weighted by Crippen LogP contribution is 2.27. The van der Waals surface area contributed by atoms with Gasteiger partial charge in [-0.05, 0) is 80.3 Å². The SMILES string of the molecule is CN(C)Cc1cc(CN(C)C)cc(OCc2cc(OCc3ccccc3)cc(OCc3ccccc3)c2)c1. The second kappa shape index (κ2) is 13.7. The molecule has 0 amide bonds. The first kappa shape index (κ1) is 27.2. The Morgan fingerprint density at radius 2 is 0.789 bits per heavy atom. The largest absolute Gasteiger partial charge is 0.489 e. The van der Waals surface area contributed by atoms with E-state index in [1.165, 1.54) is 11.1 Å². The van der Waals surface area contributed by atoms with Crippen molar-refractivity contribution >= 4 is 0 Å². The highest BCUT2D eigenvalue weighted by Gasteiger charge is 2.09. The number of rotatable bonds is 13. The molecule has 0 radical (unpaired) electrons. The van der Waals surface area contributed by atoms with Crippen molar-refractivity contribution in [2.45, 2.75) is 32.9 Å². The molecule has 0 N–H and O–H groups in total. The Kier molecular flexibility index (Phi) is 9.79. The van der Waals surface area contributed by atoms with Crippen molar-refractivity contribution in [3.63, 3.8) is 0 Å². The van der Waals surface area contributed by atoms with Gasteiger partial charge in [-0.15, -0.1) is 0 Å². The fourth-order valence-electron chi connectivity index (χ4n) is 4.25. The van der Waals surface area contributed by atoms with Gasteiger partial charge in [0.1, 0.15) is 37.1 Å². The number of ether oxygens (including phenoxy) is 3. The van der Waals surface area contributed by atoms with Crippen LogP contribution in [0.5, 0.6) is 17.2 Å². The molecule has 0 saturated heterocycles. The van der Waals surface area contributed by atoms with Crippen LogP contribution in [0.3, 0.4) is 0 Å². The first-order valence-corrected chi connectivity index (χ1v) is 13.0. The van der Waals surface area contributed by atoms with E-state index in [1.807, 2.05) is 54.6 Å². The van der Waals surface area contributed by atoms with Crippen LogP contribution in [-0.4, -0.2) is 38.0 Å². The molecule has 198 valence electrons. The van der Waals surface area contributed by atoms with Crippen molar-refractivity contribution in [3.8, 4) is 17.2 Å². The molecule has 0 aliphatic carbocycles. The molecule has 0 unspecified atom stereocenters. The third-order valence-corrected chi connectivity index (χ3v) is 5.87. The fourth-order valence-corrected chi connectivity index (χ4v) is 4.25. The molecule has 0 heterocycles. The van der Waals surface area contributed by atoms with Crippen LogP contribution in [0.4, 0.5) is 0 Å². The van der Waals surface area contributed by atoms with E-state index in [0.29, 0.717) is 19.8 Å². The molecule has 0 aromatic heterocycles. The van der Waals surface area contributed by atoms with Gasteiger partial charge in [-0.3, -0.25) is 0 Å². The number of hydrogen-bond donors (Lipinski definition) is 0. The second-order valence-electron chi connectivity index (χ2n) is 10.1. The summed E-state index contributed by atoms with van der Waals surface area (Å²) >= 11 is 0. The molecule has 38 heavy (non-hydrogen) atoms. The molecule has 4 aromatic rings. The molecular weight excluding hydrogens is 472 g/mol. The van der Waals surface area contributed by atoms with Crippen LogP contribution in [0, 0.1) is 0 Å². The summed E-state index contributed by atoms with van der Waals surface area (Å²) in [4.78, 5) is 4.34. The van der Waals surface area contributed by atoms with E-state index in [-0.39, 0.29) is 0 Å². The van der Waals surface area contributed by atoms with Gasteiger partial charge < -0.3 is 24.0 Å². The molecule has 0 aliphatic heterocycles. The van der Waals surface area contributed by atoms with Crippen LogP contribution in [0.15, 0.2) is 97.1 Å². The highest BCUT2D eigenvalue weighted by atomic mass is 16.5. The van der Waals surface area contributed by atoms with E-state index in [1.54, 1.807) is 0 Å². The predicted molar refractivity (Wildman–Crippen MR) is 154 cm³/mol. The van der Waals surface area contributed by atoms with Crippen LogP contribution in [-0.2, 0) is 32.9 Å². The molecule has 0 saturated carbocycles. The lowest BCUT2D eigenvalue weighted by atomic mass is 10.1. The van der Waals surface area contributed by atoms with Gasteiger partial charge in [0, 0.05) is 19.2 Å². The minimum absolute atomic E-state index is 0.414. The van der Waals surface area contributed by atoms with Crippen molar-refractivity contribution in [2.24, 2.45) is 0 Å². The van der Waals surface area contributed by atoms with Gasteiger partial charge in [-0.25, -0.2) is 0 Å². The molecule has 5 heteroatoms. The number of hydrogen-bond acceptors (Lipinski definition) is 5. The summed E-state index contributed by atoms with van der Waals surface area (Å²) in [5, 5.41) is 0. The topological polar surface area (TPSA) is 34.2 Å². The smallest absolute Gasteiger partial charge is 0.123 e. The van der Waals surface area contributed by atoms with Crippen LogP contribution in [0.1, 0.15) is 27.8 Å². The zero-order chi connectivity index (χ0) is 26.7. The van der Waals surface area contributed by atoms with Crippen molar-refractivity contribution in [1.82, 2.24) is 9.80 Å². The summed E-state index contributed by atoms with van der Waals surface area (Å²) in [6.07, 6.45) is 0. The average molecular weight is 511 g/mol. The fraction of sp³-hybridized carbons (Fsp3) is 0.273. The normalized spacial score (nSPS) is 11.1. The highest BCUT2D eigenvalue weighted by molar-refractivity contribution is 5.40. The third-order valence-electron chi connectivity index (χ3n) is 5.87. The molecule has 4 rings (SSSR count). The average Bonchev–Trinajstić information content (AvgIpc) is 2.90. The third kappa shape index (κ3) is 8.94. The lowest BCUT2D eigenvalue weighted by Crippen LogP contribution is -2.13. The first-order valence-electron chi connectivity index (χ1n) is 13.0. The van der Waals surface area contributed by atoms with E-state index < -0.39 is 0 Å². The molecule has 5 nitrogen and oxygen atoms in total. The Morgan fingerprint density at radius 1 is 0.421 bits per heavy atom. The molecule has 0 aliphatic rings. The summed E-state index contributed by atoms with van der Waals surface area (Å²) in [6, 6.07) is 32.9. The first-order chi connectivity index (χ1) is 18.4. The zero-order valence-electron chi connectivity index (χ0n) is 22.9. The van der Waals surface area contributed by atoms with Gasteiger partial charge in [0.05, 0.1) is 0 Å². The number of benzene rings is 4. The lowest BCUT2D eigenvalue weighted by Gasteiger charge is -2.17. The Balaban J connectivity index is 1.52. The van der Waals surface area contributed by atoms with Crippen LogP contribution < -0.4 is 14.2 Å². The van der Waals surface area contributed by atoms with E-state index in [0.717, 1.165) is 47.0 Å². The van der Waals surface area contributed by atoms with Gasteiger partial charge in [0.15, 0.2) is 0 Å². The Bertz CT molecular complexity index is 1180. The van der Waals surface area contributed by atoms with E-state index in [2.05, 4.69) is 80.5 Å². The quantitative estimate of drug-likeness (QED) is 0.204. The van der Waals surface area contributed by atoms with Crippen molar-refractivity contribution in [3.05, 3.63) is 125 Å². The van der Waals surface area contributed by atoms with Crippen LogP contribution in [0.2, 0.25) is 0 Å². The summed E-state index contributed by atoms with van der Waals surface area (Å²) < 4.78 is 18.6. The van der Waals surface area contributed by atoms with E-state index in [4.69, 9.17) is 14.2 Å². The molecule has 0 atom stereocenters. The van der Waals surface area contributed by atoms with Gasteiger partial charge in [0.2, 0.25) is 0 Å². The maximum absolute atomic E-state index is 6.32. The standard InChI is InChI=1S/C33H38N2O3/c1-34(2)21-28-15-29(22-35(3)4)17-31(16-28)38-25-30-18-32(36-23-26-11-7-5-8-12-26)20-33(19-30)37-24-27-13-9-6-10-14-27/h5-20H,21-25H2,1-4H3. The van der Waals surface area contributed by atoms with Gasteiger partial charge >= 0.3 is 0 Å². The van der Waals surface area contributed by atoms with Crippen molar-refractivity contribution in [1.29, 1.82) is 0 Å². The Morgan fingerprint density at radius 3 is 1.21 bits per heavy atom. The summed E-state index contributed by atoms with van der Waals surface area (Å²) in [6.45, 7) is 3.11. The van der Waals surface area contributed by atoms with Gasteiger partial charge in [0.25, 0.3) is 0 Å². The van der Waals surface area contributed by atoms with E-state index in [9.17, 15) is 0 Å². The summed E-state index contributed by atoms with van der Waals surface area (Å²) in [7, 11) is 8.32. The summed E-state index contributed by atoms with van der Waals surface area (Å²) in [5.41, 5.74) is 5.69. The minimum Gasteiger partial charge on any atom is -0.489 e. The molecule has 0 fully saturated rings. The molecular formula is C33H38N2O3. The second-order valence-corrected chi connectivity index (χ2v) is 10.1. The monoisotopic (exact) mass is 510 g/mol. The minimum atomic E-state index is 0.414. The maximum atomic E-state index is 6.32. The Hall–Kier alpha value is -3.80. The van der Waals surface area contributed by atoms with Gasteiger partial charge in [-0.1, -0.05) is 66.7 Å². The molecule has 4 aromatic carbocycles. The summed E-state index contributed by atoms with van der Waals surface area (Å²) in [5.74, 6) is 2.38. The van der Waals surface area contributed by atoms with E-state index >= 15 is 0 Å². The van der Waals surface area contributed by atoms with Gasteiger partial charge in [-0.2, -0.15) is 0 Å². The predicted octanol–water partition coefficient (Wildman–Crippen LogP) is 6.55. The Labute approximate surface area is 227 Å². The molecule has 0 bridgehead atoms. The number of nitrogens with zero attached hydrogens (tertiary/aromatic N) is 2. The zero-order valence-corrected chi connectivity index (χ0v) is 22.9. The maximum Gasteiger partial charge on any atom is 0.123 e. The van der Waals surface area contributed by atoms with Crippen molar-refractivity contribution < 1.29 is 14.2 Å². The van der Waals surface area contributed by atoms with Crippen molar-refractivity contribution in [2.75, 3.05) is 28.2 Å². The van der Waals surface area contributed by atoms with Crippen LogP contribution >= 0.6 is 0 Å². The van der Waals surface area contributed by atoms with Crippen LogP contribution in [0.25, 0.3) is 0 Å².